The first kappa shape index (κ1) is 19.5. The number of nitrogens with one attached hydrogen (secondary N) is 1. The summed E-state index contributed by atoms with van der Waals surface area (Å²) >= 11 is 0. The lowest BCUT2D eigenvalue weighted by molar-refractivity contribution is -0.274. The number of benzene rings is 1. The fourth-order valence-electron chi connectivity index (χ4n) is 3.28. The highest BCUT2D eigenvalue weighted by molar-refractivity contribution is 5.97. The van der Waals surface area contributed by atoms with E-state index in [4.69, 9.17) is 5.11 Å². The zero-order chi connectivity index (χ0) is 19.6. The number of carbonyl (C=O) groups is 2. The second-order valence-electron chi connectivity index (χ2n) is 7.11. The molecule has 0 atom stereocenters. The van der Waals surface area contributed by atoms with Crippen LogP contribution in [0.15, 0.2) is 24.3 Å². The summed E-state index contributed by atoms with van der Waals surface area (Å²) in [6, 6.07) is 5.06. The molecule has 0 spiro atoms. The van der Waals surface area contributed by atoms with Crippen molar-refractivity contribution < 1.29 is 32.6 Å². The van der Waals surface area contributed by atoms with E-state index in [-0.39, 0.29) is 24.2 Å². The van der Waals surface area contributed by atoms with E-state index in [0.717, 1.165) is 25.5 Å². The van der Waals surface area contributed by atoms with Crippen LogP contribution in [0.5, 0.6) is 5.75 Å². The molecule has 9 heteroatoms. The Morgan fingerprint density at radius 2 is 1.89 bits per heavy atom. The molecule has 1 aromatic rings. The van der Waals surface area contributed by atoms with Crippen LogP contribution in [-0.4, -0.2) is 53.4 Å². The Bertz CT molecular complexity index is 700. The summed E-state index contributed by atoms with van der Waals surface area (Å²) in [7, 11) is 0. The van der Waals surface area contributed by atoms with E-state index in [1.165, 1.54) is 18.2 Å². The van der Waals surface area contributed by atoms with Crippen molar-refractivity contribution in [3.8, 4) is 5.75 Å². The van der Waals surface area contributed by atoms with Crippen molar-refractivity contribution in [3.63, 3.8) is 0 Å². The molecular weight excluding hydrogens is 365 g/mol. The molecule has 0 radical (unpaired) electrons. The Morgan fingerprint density at radius 3 is 2.48 bits per heavy atom. The van der Waals surface area contributed by atoms with Crippen LogP contribution in [-0.2, 0) is 4.79 Å². The van der Waals surface area contributed by atoms with Crippen LogP contribution in [0.3, 0.4) is 0 Å². The van der Waals surface area contributed by atoms with Gasteiger partial charge < -0.3 is 15.2 Å². The maximum Gasteiger partial charge on any atom is 0.573 e. The largest absolute Gasteiger partial charge is 0.573 e. The molecule has 0 saturated heterocycles. The number of para-hydroxylation sites is 1. The predicted octanol–water partition coefficient (Wildman–Crippen LogP) is 2.64. The van der Waals surface area contributed by atoms with Crippen LogP contribution >= 0.6 is 0 Å². The standard InChI is InChI=1S/C18H21F3N2O4/c19-18(20,21)27-15-4-2-1-3-14(15)17(26)22-12-7-13(8-12)23(10-16(24)25)9-11-5-6-11/h1-4,11-13H,5-10H2,(H,22,26)(H,24,25). The van der Waals surface area contributed by atoms with Crippen LogP contribution in [0.4, 0.5) is 13.2 Å². The minimum Gasteiger partial charge on any atom is -0.480 e. The molecule has 27 heavy (non-hydrogen) atoms. The highest BCUT2D eigenvalue weighted by Crippen LogP contribution is 2.34. The summed E-state index contributed by atoms with van der Waals surface area (Å²) in [6.07, 6.45) is -1.50. The zero-order valence-corrected chi connectivity index (χ0v) is 14.5. The molecule has 3 rings (SSSR count). The Labute approximate surface area is 154 Å². The van der Waals surface area contributed by atoms with Gasteiger partial charge in [0.15, 0.2) is 0 Å². The molecule has 0 heterocycles. The van der Waals surface area contributed by atoms with Gasteiger partial charge in [-0.1, -0.05) is 12.1 Å². The average molecular weight is 386 g/mol. The highest BCUT2D eigenvalue weighted by Gasteiger charge is 2.38. The lowest BCUT2D eigenvalue weighted by atomic mass is 9.85. The van der Waals surface area contributed by atoms with Crippen LogP contribution < -0.4 is 10.1 Å². The summed E-state index contributed by atoms with van der Waals surface area (Å²) in [4.78, 5) is 25.3. The number of amides is 1. The maximum atomic E-state index is 12.5. The zero-order valence-electron chi connectivity index (χ0n) is 14.5. The molecule has 148 valence electrons. The highest BCUT2D eigenvalue weighted by atomic mass is 19.4. The van der Waals surface area contributed by atoms with Crippen molar-refractivity contribution in [1.82, 2.24) is 10.2 Å². The van der Waals surface area contributed by atoms with E-state index in [9.17, 15) is 22.8 Å². The lowest BCUT2D eigenvalue weighted by Crippen LogP contribution is -2.55. The number of hydrogen-bond donors (Lipinski definition) is 2. The van der Waals surface area contributed by atoms with E-state index in [0.29, 0.717) is 18.8 Å². The van der Waals surface area contributed by atoms with Crippen LogP contribution in [0.25, 0.3) is 0 Å². The van der Waals surface area contributed by atoms with Gasteiger partial charge in [-0.2, -0.15) is 0 Å². The predicted molar refractivity (Wildman–Crippen MR) is 89.3 cm³/mol. The van der Waals surface area contributed by atoms with Gasteiger partial charge in [-0.05, 0) is 43.7 Å². The first-order chi connectivity index (χ1) is 12.7. The fraction of sp³-hybridized carbons (Fsp3) is 0.556. The Hall–Kier alpha value is -2.29. The third-order valence-corrected chi connectivity index (χ3v) is 4.85. The topological polar surface area (TPSA) is 78.9 Å². The van der Waals surface area contributed by atoms with Crippen molar-refractivity contribution in [2.75, 3.05) is 13.1 Å². The summed E-state index contributed by atoms with van der Waals surface area (Å²) in [5, 5.41) is 11.8. The molecule has 0 unspecified atom stereocenters. The van der Waals surface area contributed by atoms with Gasteiger partial charge in [-0.3, -0.25) is 14.5 Å². The number of rotatable bonds is 8. The number of alkyl halides is 3. The van der Waals surface area contributed by atoms with Gasteiger partial charge in [-0.25, -0.2) is 0 Å². The molecular formula is C18H21F3N2O4. The number of ether oxygens (including phenoxy) is 1. The number of carboxylic acid groups (broad SMARTS) is 1. The first-order valence-corrected chi connectivity index (χ1v) is 8.83. The minimum absolute atomic E-state index is 0.0376. The average Bonchev–Trinajstić information content (AvgIpc) is 3.32. The molecule has 1 amide bonds. The Kier molecular flexibility index (Phi) is 5.59. The maximum absolute atomic E-state index is 12.5. The molecule has 2 aliphatic rings. The number of hydrogen-bond acceptors (Lipinski definition) is 4. The van der Waals surface area contributed by atoms with Crippen molar-refractivity contribution in [3.05, 3.63) is 29.8 Å². The summed E-state index contributed by atoms with van der Waals surface area (Å²) < 4.78 is 41.3. The van der Waals surface area contributed by atoms with Crippen LogP contribution in [0.2, 0.25) is 0 Å². The third kappa shape index (κ3) is 5.59. The van der Waals surface area contributed by atoms with Gasteiger partial charge in [0.25, 0.3) is 5.91 Å². The van der Waals surface area contributed by atoms with Gasteiger partial charge in [0.2, 0.25) is 0 Å². The van der Waals surface area contributed by atoms with Crippen molar-refractivity contribution in [1.29, 1.82) is 0 Å². The Morgan fingerprint density at radius 1 is 1.22 bits per heavy atom. The molecule has 6 nitrogen and oxygen atoms in total. The second kappa shape index (κ2) is 7.75. The SMILES string of the molecule is O=C(O)CN(CC1CC1)C1CC(NC(=O)c2ccccc2OC(F)(F)F)C1. The van der Waals surface area contributed by atoms with Gasteiger partial charge >= 0.3 is 12.3 Å². The van der Waals surface area contributed by atoms with E-state index >= 15 is 0 Å². The van der Waals surface area contributed by atoms with Gasteiger partial charge in [0, 0.05) is 18.6 Å². The number of carbonyl (C=O) groups excluding carboxylic acids is 1. The smallest absolute Gasteiger partial charge is 0.480 e. The quantitative estimate of drug-likeness (QED) is 0.718. The molecule has 1 aromatic carbocycles. The van der Waals surface area contributed by atoms with Gasteiger partial charge in [-0.15, -0.1) is 13.2 Å². The molecule has 2 saturated carbocycles. The van der Waals surface area contributed by atoms with Crippen LogP contribution in [0.1, 0.15) is 36.0 Å². The first-order valence-electron chi connectivity index (χ1n) is 8.83. The van der Waals surface area contributed by atoms with E-state index in [2.05, 4.69) is 10.1 Å². The minimum atomic E-state index is -4.88. The number of aliphatic carboxylic acids is 1. The van der Waals surface area contributed by atoms with Crippen molar-refractivity contribution >= 4 is 11.9 Å². The fourth-order valence-corrected chi connectivity index (χ4v) is 3.28. The Balaban J connectivity index is 1.55. The third-order valence-electron chi connectivity index (χ3n) is 4.85. The molecule has 2 fully saturated rings. The van der Waals surface area contributed by atoms with Crippen LogP contribution in [0, 0.1) is 5.92 Å². The van der Waals surface area contributed by atoms with Gasteiger partial charge in [0.1, 0.15) is 5.75 Å². The normalized spacial score (nSPS) is 22.2. The molecule has 0 bridgehead atoms. The number of carboxylic acids is 1. The molecule has 2 aliphatic carbocycles. The number of halogens is 3. The summed E-state index contributed by atoms with van der Waals surface area (Å²) in [5.41, 5.74) is -0.182. The molecule has 0 aromatic heterocycles. The lowest BCUT2D eigenvalue weighted by Gasteiger charge is -2.42. The van der Waals surface area contributed by atoms with Crippen molar-refractivity contribution in [2.45, 2.75) is 44.1 Å². The molecule has 0 aliphatic heterocycles. The van der Waals surface area contributed by atoms with E-state index in [1.54, 1.807) is 0 Å². The number of nitrogens with zero attached hydrogens (tertiary/aromatic N) is 1. The van der Waals surface area contributed by atoms with Crippen molar-refractivity contribution in [2.24, 2.45) is 5.92 Å². The van der Waals surface area contributed by atoms with E-state index < -0.39 is 24.0 Å². The molecule has 2 N–H and O–H groups in total. The summed E-state index contributed by atoms with van der Waals surface area (Å²) in [5.74, 6) is -1.52. The summed E-state index contributed by atoms with van der Waals surface area (Å²) in [6.45, 7) is 0.698. The van der Waals surface area contributed by atoms with E-state index in [1.807, 2.05) is 4.90 Å². The second-order valence-corrected chi connectivity index (χ2v) is 7.11. The van der Waals surface area contributed by atoms with Gasteiger partial charge in [0.05, 0.1) is 12.1 Å². The monoisotopic (exact) mass is 386 g/mol.